The molecule has 2 aromatic rings. The highest BCUT2D eigenvalue weighted by molar-refractivity contribution is 6.32. The number of unbranched alkanes of at least 4 members (excludes halogenated alkanes) is 2. The molecule has 2 heterocycles. The van der Waals surface area contributed by atoms with Gasteiger partial charge in [-0.05, 0) is 69.6 Å². The van der Waals surface area contributed by atoms with Crippen LogP contribution in [0.15, 0.2) is 59.2 Å². The first-order chi connectivity index (χ1) is 21.1. The molecule has 0 spiro atoms. The van der Waals surface area contributed by atoms with Gasteiger partial charge in [0.1, 0.15) is 11.4 Å². The van der Waals surface area contributed by atoms with Crippen molar-refractivity contribution in [2.75, 3.05) is 12.8 Å². The minimum atomic E-state index is -1.99. The number of aliphatic imine (C=N–C) groups is 1. The third kappa shape index (κ3) is 5.63. The molecule has 1 aromatic carbocycles. The summed E-state index contributed by atoms with van der Waals surface area (Å²) in [6, 6.07) is 9.92. The van der Waals surface area contributed by atoms with Crippen LogP contribution in [0.1, 0.15) is 110 Å². The zero-order valence-electron chi connectivity index (χ0n) is 25.9. The van der Waals surface area contributed by atoms with Crippen LogP contribution in [-0.2, 0) is 14.3 Å². The lowest BCUT2D eigenvalue weighted by molar-refractivity contribution is -0.164. The van der Waals surface area contributed by atoms with Gasteiger partial charge in [0.2, 0.25) is 5.78 Å². The van der Waals surface area contributed by atoms with Crippen molar-refractivity contribution in [1.29, 1.82) is 0 Å². The van der Waals surface area contributed by atoms with Gasteiger partial charge in [0.25, 0.3) is 5.60 Å². The molecule has 234 valence electrons. The summed E-state index contributed by atoms with van der Waals surface area (Å²) in [7, 11) is 1.59. The van der Waals surface area contributed by atoms with E-state index < -0.39 is 28.6 Å². The molecule has 0 radical (unpaired) electrons. The summed E-state index contributed by atoms with van der Waals surface area (Å²) in [6.45, 7) is 4.05. The monoisotopic (exact) mass is 601 g/mol. The van der Waals surface area contributed by atoms with Crippen molar-refractivity contribution < 1.29 is 23.9 Å². The summed E-state index contributed by atoms with van der Waals surface area (Å²) in [5.74, 6) is -0.999. The average molecular weight is 602 g/mol. The SMILES string of the molecule is CCCCCC1(OC(=O)C23OC2(CC=C(C)CC(NC(N)=NC)c2ccnc(N)c2)C(=O)c2ccccc2C3=O)CCCC1. The number of hydrogen-bond donors (Lipinski definition) is 3. The van der Waals surface area contributed by atoms with E-state index in [0.717, 1.165) is 62.5 Å². The third-order valence-corrected chi connectivity index (χ3v) is 9.34. The van der Waals surface area contributed by atoms with Crippen molar-refractivity contribution in [1.82, 2.24) is 10.3 Å². The number of guanidine groups is 1. The predicted molar refractivity (Wildman–Crippen MR) is 168 cm³/mol. The normalized spacial score (nSPS) is 24.8. The quantitative estimate of drug-likeness (QED) is 0.0579. The molecule has 0 bridgehead atoms. The number of nitrogen functional groups attached to an aromatic ring is 1. The van der Waals surface area contributed by atoms with Crippen LogP contribution in [0.25, 0.3) is 0 Å². The van der Waals surface area contributed by atoms with Crippen molar-refractivity contribution in [3.8, 4) is 0 Å². The predicted octanol–water partition coefficient (Wildman–Crippen LogP) is 4.99. The van der Waals surface area contributed by atoms with E-state index in [0.29, 0.717) is 12.2 Å². The van der Waals surface area contributed by atoms with Gasteiger partial charge in [-0.1, -0.05) is 55.7 Å². The van der Waals surface area contributed by atoms with Crippen molar-refractivity contribution in [3.05, 3.63) is 70.9 Å². The largest absolute Gasteiger partial charge is 0.456 e. The molecular weight excluding hydrogens is 558 g/mol. The molecule has 1 saturated heterocycles. The Labute approximate surface area is 258 Å². The second kappa shape index (κ2) is 12.5. The fraction of sp³-hybridized carbons (Fsp3) is 0.500. The van der Waals surface area contributed by atoms with Gasteiger partial charge in [-0.3, -0.25) is 14.6 Å². The van der Waals surface area contributed by atoms with Crippen LogP contribution in [0.5, 0.6) is 0 Å². The van der Waals surface area contributed by atoms with Crippen LogP contribution >= 0.6 is 0 Å². The molecule has 0 amide bonds. The number of anilines is 1. The number of esters is 1. The summed E-state index contributed by atoms with van der Waals surface area (Å²) < 4.78 is 12.4. The Bertz CT molecular complexity index is 1500. The van der Waals surface area contributed by atoms with Crippen molar-refractivity contribution in [3.63, 3.8) is 0 Å². The summed E-state index contributed by atoms with van der Waals surface area (Å²) >= 11 is 0. The number of aromatic nitrogens is 1. The number of ketones is 2. The van der Waals surface area contributed by atoms with Crippen LogP contribution in [-0.4, -0.2) is 52.3 Å². The fourth-order valence-corrected chi connectivity index (χ4v) is 6.82. The van der Waals surface area contributed by atoms with Crippen molar-refractivity contribution in [2.24, 2.45) is 10.7 Å². The van der Waals surface area contributed by atoms with Crippen LogP contribution in [0.2, 0.25) is 0 Å². The first kappa shape index (κ1) is 31.4. The topological polar surface area (TPSA) is 162 Å². The first-order valence-corrected chi connectivity index (χ1v) is 15.6. The van der Waals surface area contributed by atoms with E-state index in [4.69, 9.17) is 20.9 Å². The Kier molecular flexibility index (Phi) is 8.92. The highest BCUT2D eigenvalue weighted by Crippen LogP contribution is 2.59. The number of epoxide rings is 1. The Morgan fingerprint density at radius 2 is 1.86 bits per heavy atom. The van der Waals surface area contributed by atoms with Crippen molar-refractivity contribution >= 4 is 29.3 Å². The Balaban J connectivity index is 1.44. The van der Waals surface area contributed by atoms with E-state index in [9.17, 15) is 14.4 Å². The lowest BCUT2D eigenvalue weighted by atomic mass is 9.72. The summed E-state index contributed by atoms with van der Waals surface area (Å²) in [6.07, 6.45) is 11.2. The van der Waals surface area contributed by atoms with Crippen molar-refractivity contribution in [2.45, 2.75) is 101 Å². The molecule has 3 unspecified atom stereocenters. The number of nitrogens with one attached hydrogen (secondary N) is 1. The van der Waals surface area contributed by atoms with E-state index >= 15 is 0 Å². The van der Waals surface area contributed by atoms with Gasteiger partial charge in [-0.2, -0.15) is 0 Å². The lowest BCUT2D eigenvalue weighted by Crippen LogP contribution is -2.52. The molecule has 2 fully saturated rings. The number of carbonyl (C=O) groups is 3. The standard InChI is InChI=1S/C34H43N5O5/c1-4-5-8-15-32(16-9-10-17-32)43-30(42)34-29(41)25-12-7-6-11-24(25)28(40)33(34,44-34)18-13-22(2)20-26(39-31(36)37-3)23-14-19-38-27(35)21-23/h6-7,11-14,19,21,26H,4-5,8-10,15-18,20H2,1-3H3,(H2,35,38)(H3,36,37,39). The molecule has 10 nitrogen and oxygen atoms in total. The highest BCUT2D eigenvalue weighted by atomic mass is 16.7. The summed E-state index contributed by atoms with van der Waals surface area (Å²) in [5, 5.41) is 3.20. The van der Waals surface area contributed by atoms with E-state index in [-0.39, 0.29) is 35.3 Å². The van der Waals surface area contributed by atoms with Crippen LogP contribution in [0, 0.1) is 0 Å². The number of fused-ring (bicyclic) bond motifs is 2. The first-order valence-electron chi connectivity index (χ1n) is 15.6. The van der Waals surface area contributed by atoms with Gasteiger partial charge in [-0.15, -0.1) is 0 Å². The smallest absolute Gasteiger partial charge is 0.350 e. The van der Waals surface area contributed by atoms with Gasteiger partial charge in [0, 0.05) is 30.8 Å². The van der Waals surface area contributed by atoms with Crippen LogP contribution < -0.4 is 16.8 Å². The van der Waals surface area contributed by atoms with E-state index in [2.05, 4.69) is 22.2 Å². The third-order valence-electron chi connectivity index (χ3n) is 9.34. The number of benzene rings is 1. The number of carbonyl (C=O) groups excluding carboxylic acids is 3. The van der Waals surface area contributed by atoms with Gasteiger partial charge >= 0.3 is 5.97 Å². The summed E-state index contributed by atoms with van der Waals surface area (Å²) in [5.41, 5.74) is 9.88. The number of nitrogens with zero attached hydrogens (tertiary/aromatic N) is 2. The Hall–Kier alpha value is -4.05. The zero-order chi connectivity index (χ0) is 31.5. The maximum Gasteiger partial charge on any atom is 0.350 e. The molecule has 5 rings (SSSR count). The van der Waals surface area contributed by atoms with Gasteiger partial charge in [0.15, 0.2) is 17.3 Å². The lowest BCUT2D eigenvalue weighted by Gasteiger charge is -2.32. The molecule has 5 N–H and O–H groups in total. The number of hydrogen-bond acceptors (Lipinski definition) is 8. The second-order valence-electron chi connectivity index (χ2n) is 12.3. The fourth-order valence-electron chi connectivity index (χ4n) is 6.82. The van der Waals surface area contributed by atoms with Crippen LogP contribution in [0.3, 0.4) is 0 Å². The number of Topliss-reactive ketones (excluding diaryl/α,β-unsaturated/α-hetero) is 2. The van der Waals surface area contributed by atoms with Gasteiger partial charge < -0.3 is 26.3 Å². The Morgan fingerprint density at radius 3 is 2.52 bits per heavy atom. The number of pyridine rings is 1. The van der Waals surface area contributed by atoms with E-state index in [1.54, 1.807) is 43.6 Å². The molecule has 2 aliphatic carbocycles. The second-order valence-corrected chi connectivity index (χ2v) is 12.3. The molecule has 1 aromatic heterocycles. The highest BCUT2D eigenvalue weighted by Gasteiger charge is 2.85. The van der Waals surface area contributed by atoms with Crippen LogP contribution in [0.4, 0.5) is 5.82 Å². The molecular formula is C34H43N5O5. The van der Waals surface area contributed by atoms with E-state index in [1.807, 2.05) is 19.1 Å². The van der Waals surface area contributed by atoms with Gasteiger partial charge in [0.05, 0.1) is 6.04 Å². The van der Waals surface area contributed by atoms with E-state index in [1.165, 1.54) is 0 Å². The average Bonchev–Trinajstić information content (AvgIpc) is 3.54. The number of ether oxygens (including phenoxy) is 2. The molecule has 1 aliphatic heterocycles. The minimum absolute atomic E-state index is 0.0399. The molecule has 44 heavy (non-hydrogen) atoms. The minimum Gasteiger partial charge on any atom is -0.456 e. The summed E-state index contributed by atoms with van der Waals surface area (Å²) in [4.78, 5) is 50.3. The zero-order valence-corrected chi connectivity index (χ0v) is 25.9. The molecule has 3 aliphatic rings. The maximum absolute atomic E-state index is 14.1. The molecule has 10 heteroatoms. The maximum atomic E-state index is 14.1. The molecule has 3 atom stereocenters. The Morgan fingerprint density at radius 1 is 1.16 bits per heavy atom. The number of rotatable bonds is 12. The molecule has 1 saturated carbocycles. The number of nitrogens with two attached hydrogens (primary N) is 2. The van der Waals surface area contributed by atoms with Gasteiger partial charge in [-0.25, -0.2) is 9.78 Å².